The van der Waals surface area contributed by atoms with Crippen LogP contribution in [0.5, 0.6) is 0 Å². The maximum Gasteiger partial charge on any atom is 0.410 e. The molecule has 0 atom stereocenters. The number of carboxylic acid groups (broad SMARTS) is 1. The molecule has 0 bridgehead atoms. The molecule has 2 N–H and O–H groups in total. The number of hydrogen-bond donors (Lipinski definition) is 2. The van der Waals surface area contributed by atoms with Crippen LogP contribution in [-0.2, 0) is 9.53 Å². The molecule has 0 aromatic heterocycles. The van der Waals surface area contributed by atoms with Gasteiger partial charge in [-0.15, -0.1) is 0 Å². The predicted molar refractivity (Wildman–Crippen MR) is 94.7 cm³/mol. The van der Waals surface area contributed by atoms with Gasteiger partial charge in [0, 0.05) is 31.9 Å². The molecule has 7 heteroatoms. The Labute approximate surface area is 147 Å². The first-order valence-corrected chi connectivity index (χ1v) is 8.12. The highest BCUT2D eigenvalue weighted by atomic mass is 16.6. The van der Waals surface area contributed by atoms with Gasteiger partial charge in [-0.05, 0) is 38.5 Å². The first kappa shape index (κ1) is 18.6. The fourth-order valence-electron chi connectivity index (χ4n) is 2.58. The van der Waals surface area contributed by atoms with Crippen molar-refractivity contribution < 1.29 is 24.5 Å². The van der Waals surface area contributed by atoms with Crippen LogP contribution in [0.3, 0.4) is 0 Å². The predicted octanol–water partition coefficient (Wildman–Crippen LogP) is 2.73. The highest BCUT2D eigenvalue weighted by molar-refractivity contribution is 6.15. The number of carboxylic acids is 1. The smallest absolute Gasteiger partial charge is 0.410 e. The van der Waals surface area contributed by atoms with Crippen LogP contribution in [0, 0.1) is 0 Å². The van der Waals surface area contributed by atoms with Gasteiger partial charge in [0.15, 0.2) is 0 Å². The summed E-state index contributed by atoms with van der Waals surface area (Å²) < 4.78 is 5.38. The van der Waals surface area contributed by atoms with Crippen molar-refractivity contribution in [2.75, 3.05) is 31.1 Å². The van der Waals surface area contributed by atoms with E-state index in [1.165, 1.54) is 0 Å². The third kappa shape index (κ3) is 4.89. The van der Waals surface area contributed by atoms with E-state index in [-0.39, 0.29) is 11.7 Å². The first-order valence-electron chi connectivity index (χ1n) is 8.12. The number of piperazine rings is 1. The number of rotatable bonds is 3. The summed E-state index contributed by atoms with van der Waals surface area (Å²) in [5, 5.41) is 18.0. The minimum atomic E-state index is -1.18. The molecule has 1 saturated heterocycles. The normalized spacial score (nSPS) is 15.9. The van der Waals surface area contributed by atoms with E-state index in [0.29, 0.717) is 38.0 Å². The Bertz CT molecular complexity index is 653. The Kier molecular flexibility index (Phi) is 5.56. The van der Waals surface area contributed by atoms with Gasteiger partial charge in [-0.25, -0.2) is 9.59 Å². The SMILES string of the molecule is CC(C)(C)OC(=O)N1CCN(c2ccc(/C(=C\O)C(=O)O)cc2)CC1. The van der Waals surface area contributed by atoms with Crippen molar-refractivity contribution in [2.45, 2.75) is 26.4 Å². The average molecular weight is 348 g/mol. The van der Waals surface area contributed by atoms with E-state index in [2.05, 4.69) is 4.90 Å². The van der Waals surface area contributed by atoms with Crippen molar-refractivity contribution in [1.29, 1.82) is 0 Å². The van der Waals surface area contributed by atoms with E-state index in [9.17, 15) is 9.59 Å². The highest BCUT2D eigenvalue weighted by Crippen LogP contribution is 2.22. The number of nitrogens with zero attached hydrogens (tertiary/aromatic N) is 2. The molecule has 1 aliphatic rings. The van der Waals surface area contributed by atoms with Gasteiger partial charge in [0.1, 0.15) is 11.2 Å². The summed E-state index contributed by atoms with van der Waals surface area (Å²) in [7, 11) is 0. The van der Waals surface area contributed by atoms with Crippen molar-refractivity contribution >= 4 is 23.3 Å². The van der Waals surface area contributed by atoms with E-state index < -0.39 is 11.6 Å². The minimum Gasteiger partial charge on any atom is -0.515 e. The van der Waals surface area contributed by atoms with E-state index in [1.807, 2.05) is 32.9 Å². The van der Waals surface area contributed by atoms with E-state index in [1.54, 1.807) is 17.0 Å². The first-order chi connectivity index (χ1) is 11.7. The van der Waals surface area contributed by atoms with Gasteiger partial charge >= 0.3 is 12.1 Å². The van der Waals surface area contributed by atoms with Crippen LogP contribution < -0.4 is 4.90 Å². The summed E-state index contributed by atoms with van der Waals surface area (Å²) in [6, 6.07) is 6.94. The van der Waals surface area contributed by atoms with E-state index >= 15 is 0 Å². The van der Waals surface area contributed by atoms with Gasteiger partial charge in [0.25, 0.3) is 0 Å². The van der Waals surface area contributed by atoms with Gasteiger partial charge in [-0.1, -0.05) is 12.1 Å². The van der Waals surface area contributed by atoms with Gasteiger partial charge in [-0.2, -0.15) is 0 Å². The number of amides is 1. The van der Waals surface area contributed by atoms with Gasteiger partial charge < -0.3 is 24.7 Å². The fourth-order valence-corrected chi connectivity index (χ4v) is 2.58. The standard InChI is InChI=1S/C18H24N2O5/c1-18(2,3)25-17(24)20-10-8-19(9-11-20)14-6-4-13(5-7-14)15(12-21)16(22)23/h4-7,12,21H,8-11H2,1-3H3,(H,22,23)/b15-12+. The van der Waals surface area contributed by atoms with Crippen LogP contribution in [0.2, 0.25) is 0 Å². The third-order valence-corrected chi connectivity index (χ3v) is 3.83. The molecular formula is C18H24N2O5. The van der Waals surface area contributed by atoms with Crippen LogP contribution in [0.25, 0.3) is 5.57 Å². The Morgan fingerprint density at radius 1 is 1.08 bits per heavy atom. The van der Waals surface area contributed by atoms with Crippen molar-refractivity contribution in [2.24, 2.45) is 0 Å². The molecule has 7 nitrogen and oxygen atoms in total. The Morgan fingerprint density at radius 3 is 2.08 bits per heavy atom. The molecule has 0 aliphatic carbocycles. The van der Waals surface area contributed by atoms with Gasteiger partial charge in [0.2, 0.25) is 0 Å². The molecule has 2 rings (SSSR count). The van der Waals surface area contributed by atoms with Crippen molar-refractivity contribution in [3.8, 4) is 0 Å². The van der Waals surface area contributed by atoms with E-state index in [4.69, 9.17) is 14.9 Å². The molecule has 1 aromatic carbocycles. The molecule has 0 unspecified atom stereocenters. The van der Waals surface area contributed by atoms with Crippen molar-refractivity contribution in [1.82, 2.24) is 4.90 Å². The van der Waals surface area contributed by atoms with Crippen LogP contribution in [-0.4, -0.2) is 59.0 Å². The number of aliphatic hydroxyl groups excluding tert-OH is 1. The lowest BCUT2D eigenvalue weighted by Gasteiger charge is -2.36. The van der Waals surface area contributed by atoms with Crippen LogP contribution >= 0.6 is 0 Å². The summed E-state index contributed by atoms with van der Waals surface area (Å²) in [5.74, 6) is -1.18. The number of aliphatic carboxylic acids is 1. The number of carbonyl (C=O) groups excluding carboxylic acids is 1. The Morgan fingerprint density at radius 2 is 1.64 bits per heavy atom. The second-order valence-electron chi connectivity index (χ2n) is 6.85. The van der Waals surface area contributed by atoms with Gasteiger partial charge in [-0.3, -0.25) is 0 Å². The average Bonchev–Trinajstić information content (AvgIpc) is 2.54. The lowest BCUT2D eigenvalue weighted by atomic mass is 10.1. The number of carbonyl (C=O) groups is 2. The molecule has 0 saturated carbocycles. The van der Waals surface area contributed by atoms with E-state index in [0.717, 1.165) is 5.69 Å². The molecular weight excluding hydrogens is 324 g/mol. The molecule has 136 valence electrons. The maximum absolute atomic E-state index is 12.1. The molecule has 1 fully saturated rings. The Hall–Kier alpha value is -2.70. The second kappa shape index (κ2) is 7.46. The quantitative estimate of drug-likeness (QED) is 0.645. The third-order valence-electron chi connectivity index (χ3n) is 3.83. The van der Waals surface area contributed by atoms with Crippen molar-refractivity contribution in [3.63, 3.8) is 0 Å². The number of aliphatic hydroxyl groups is 1. The summed E-state index contributed by atoms with van der Waals surface area (Å²) in [5.41, 5.74) is 0.717. The summed E-state index contributed by atoms with van der Waals surface area (Å²) in [4.78, 5) is 26.9. The lowest BCUT2D eigenvalue weighted by molar-refractivity contribution is -0.130. The zero-order chi connectivity index (χ0) is 18.6. The summed E-state index contributed by atoms with van der Waals surface area (Å²) >= 11 is 0. The number of ether oxygens (including phenoxy) is 1. The second-order valence-corrected chi connectivity index (χ2v) is 6.85. The lowest BCUT2D eigenvalue weighted by Crippen LogP contribution is -2.50. The summed E-state index contributed by atoms with van der Waals surface area (Å²) in [6.07, 6.45) is 0.290. The topological polar surface area (TPSA) is 90.3 Å². The fraction of sp³-hybridized carbons (Fsp3) is 0.444. The molecule has 1 amide bonds. The van der Waals surface area contributed by atoms with Crippen LogP contribution in [0.1, 0.15) is 26.3 Å². The monoisotopic (exact) mass is 348 g/mol. The molecule has 1 heterocycles. The maximum atomic E-state index is 12.1. The van der Waals surface area contributed by atoms with Crippen molar-refractivity contribution in [3.05, 3.63) is 36.1 Å². The minimum absolute atomic E-state index is 0.152. The largest absolute Gasteiger partial charge is 0.515 e. The summed E-state index contributed by atoms with van der Waals surface area (Å²) in [6.45, 7) is 7.99. The molecule has 0 spiro atoms. The van der Waals surface area contributed by atoms with Crippen LogP contribution in [0.4, 0.5) is 10.5 Å². The zero-order valence-electron chi connectivity index (χ0n) is 14.7. The zero-order valence-corrected chi connectivity index (χ0v) is 14.7. The molecule has 1 aromatic rings. The highest BCUT2D eigenvalue weighted by Gasteiger charge is 2.26. The van der Waals surface area contributed by atoms with Gasteiger partial charge in [0.05, 0.1) is 6.26 Å². The Balaban J connectivity index is 1.97. The molecule has 1 aliphatic heterocycles. The number of anilines is 1. The number of hydrogen-bond acceptors (Lipinski definition) is 5. The molecule has 0 radical (unpaired) electrons. The molecule has 25 heavy (non-hydrogen) atoms. The van der Waals surface area contributed by atoms with Crippen LogP contribution in [0.15, 0.2) is 30.5 Å². The number of benzene rings is 1.